The van der Waals surface area contributed by atoms with Gasteiger partial charge in [0.25, 0.3) is 0 Å². The van der Waals surface area contributed by atoms with Gasteiger partial charge < -0.3 is 4.90 Å². The number of hydrogen-bond donors (Lipinski definition) is 0. The van der Waals surface area contributed by atoms with Gasteiger partial charge in [-0.2, -0.15) is 5.26 Å². The standard InChI is InChI=1S/C15H17N5S/c16-8-13-2-3-15(17-9-13)20-5-1-4-19(6-7-20)10-14-11-21-12-18-14/h2-3,9,11-12H,1,4-7,10H2. The van der Waals surface area contributed by atoms with Gasteiger partial charge >= 0.3 is 0 Å². The predicted molar refractivity (Wildman–Crippen MR) is 83.2 cm³/mol. The van der Waals surface area contributed by atoms with E-state index in [4.69, 9.17) is 5.26 Å². The van der Waals surface area contributed by atoms with E-state index >= 15 is 0 Å². The fourth-order valence-corrected chi connectivity index (χ4v) is 3.09. The predicted octanol–water partition coefficient (Wildman–Crippen LogP) is 2.12. The summed E-state index contributed by atoms with van der Waals surface area (Å²) in [5, 5.41) is 10.9. The van der Waals surface area contributed by atoms with E-state index in [1.54, 1.807) is 17.5 Å². The topological polar surface area (TPSA) is 56.1 Å². The third-order valence-electron chi connectivity index (χ3n) is 3.66. The number of rotatable bonds is 3. The summed E-state index contributed by atoms with van der Waals surface area (Å²) >= 11 is 1.65. The fourth-order valence-electron chi connectivity index (χ4n) is 2.54. The molecule has 0 unspecified atom stereocenters. The highest BCUT2D eigenvalue weighted by molar-refractivity contribution is 7.07. The van der Waals surface area contributed by atoms with Crippen molar-refractivity contribution in [1.29, 1.82) is 5.26 Å². The summed E-state index contributed by atoms with van der Waals surface area (Å²) in [6.07, 6.45) is 2.76. The van der Waals surface area contributed by atoms with Crippen molar-refractivity contribution >= 4 is 17.2 Å². The lowest BCUT2D eigenvalue weighted by atomic mass is 10.3. The van der Waals surface area contributed by atoms with Gasteiger partial charge in [-0.3, -0.25) is 4.90 Å². The average Bonchev–Trinajstić information content (AvgIpc) is 2.92. The van der Waals surface area contributed by atoms with Gasteiger partial charge in [-0.1, -0.05) is 0 Å². The monoisotopic (exact) mass is 299 g/mol. The zero-order valence-corrected chi connectivity index (χ0v) is 12.6. The first-order valence-corrected chi connectivity index (χ1v) is 8.00. The lowest BCUT2D eigenvalue weighted by Gasteiger charge is -2.22. The molecule has 0 amide bonds. The smallest absolute Gasteiger partial charge is 0.128 e. The van der Waals surface area contributed by atoms with Crippen molar-refractivity contribution in [2.45, 2.75) is 13.0 Å². The van der Waals surface area contributed by atoms with E-state index in [-0.39, 0.29) is 0 Å². The Bertz CT molecular complexity index is 602. The first kappa shape index (κ1) is 14.0. The van der Waals surface area contributed by atoms with Crippen LogP contribution in [-0.2, 0) is 6.54 Å². The van der Waals surface area contributed by atoms with Crippen molar-refractivity contribution in [3.8, 4) is 6.07 Å². The Kier molecular flexibility index (Phi) is 4.43. The first-order chi connectivity index (χ1) is 10.3. The van der Waals surface area contributed by atoms with Crippen LogP contribution in [0.4, 0.5) is 5.82 Å². The number of thiazole rings is 1. The minimum Gasteiger partial charge on any atom is -0.355 e. The van der Waals surface area contributed by atoms with Crippen LogP contribution in [0.2, 0.25) is 0 Å². The van der Waals surface area contributed by atoms with E-state index in [2.05, 4.69) is 31.2 Å². The number of aromatic nitrogens is 2. The molecular weight excluding hydrogens is 282 g/mol. The minimum atomic E-state index is 0.610. The van der Waals surface area contributed by atoms with Gasteiger partial charge in [-0.25, -0.2) is 9.97 Å². The van der Waals surface area contributed by atoms with Gasteiger partial charge in [-0.15, -0.1) is 11.3 Å². The molecule has 3 rings (SSSR count). The SMILES string of the molecule is N#Cc1ccc(N2CCCN(Cc3cscn3)CC2)nc1. The van der Waals surface area contributed by atoms with E-state index in [1.165, 1.54) is 0 Å². The number of nitriles is 1. The lowest BCUT2D eigenvalue weighted by molar-refractivity contribution is 0.282. The normalized spacial score (nSPS) is 16.4. The van der Waals surface area contributed by atoms with Crippen molar-refractivity contribution < 1.29 is 0 Å². The molecule has 0 aliphatic carbocycles. The number of hydrogen-bond acceptors (Lipinski definition) is 6. The molecule has 0 aromatic carbocycles. The van der Waals surface area contributed by atoms with Crippen LogP contribution in [0, 0.1) is 11.3 Å². The molecule has 0 N–H and O–H groups in total. The van der Waals surface area contributed by atoms with Crippen LogP contribution < -0.4 is 4.90 Å². The minimum absolute atomic E-state index is 0.610. The quantitative estimate of drug-likeness (QED) is 0.869. The second kappa shape index (κ2) is 6.66. The largest absolute Gasteiger partial charge is 0.355 e. The Balaban J connectivity index is 1.61. The summed E-state index contributed by atoms with van der Waals surface area (Å²) in [4.78, 5) is 13.5. The van der Waals surface area contributed by atoms with Gasteiger partial charge in [0.05, 0.1) is 16.8 Å². The first-order valence-electron chi connectivity index (χ1n) is 7.05. The number of nitrogens with zero attached hydrogens (tertiary/aromatic N) is 5. The Hall–Kier alpha value is -1.97. The molecule has 6 heteroatoms. The van der Waals surface area contributed by atoms with Crippen molar-refractivity contribution in [3.05, 3.63) is 40.5 Å². The van der Waals surface area contributed by atoms with Gasteiger partial charge in [-0.05, 0) is 18.6 Å². The van der Waals surface area contributed by atoms with E-state index in [9.17, 15) is 0 Å². The third-order valence-corrected chi connectivity index (χ3v) is 4.29. The summed E-state index contributed by atoms with van der Waals surface area (Å²) in [6, 6.07) is 5.88. The molecule has 0 atom stereocenters. The molecule has 3 heterocycles. The summed E-state index contributed by atoms with van der Waals surface area (Å²) < 4.78 is 0. The molecule has 5 nitrogen and oxygen atoms in total. The molecule has 1 aliphatic heterocycles. The summed E-state index contributed by atoms with van der Waals surface area (Å²) in [5.41, 5.74) is 3.66. The molecule has 0 spiro atoms. The molecule has 0 saturated carbocycles. The third kappa shape index (κ3) is 3.57. The van der Waals surface area contributed by atoms with Crippen LogP contribution in [0.15, 0.2) is 29.2 Å². The molecule has 1 aliphatic rings. The van der Waals surface area contributed by atoms with E-state index in [0.29, 0.717) is 5.56 Å². The number of pyridine rings is 1. The highest BCUT2D eigenvalue weighted by atomic mass is 32.1. The molecule has 1 saturated heterocycles. The van der Waals surface area contributed by atoms with Crippen LogP contribution in [0.3, 0.4) is 0 Å². The molecule has 21 heavy (non-hydrogen) atoms. The molecule has 1 fully saturated rings. The Morgan fingerprint density at radius 1 is 1.19 bits per heavy atom. The average molecular weight is 299 g/mol. The zero-order valence-electron chi connectivity index (χ0n) is 11.8. The van der Waals surface area contributed by atoms with E-state index in [1.807, 2.05) is 17.6 Å². The van der Waals surface area contributed by atoms with Crippen molar-refractivity contribution in [3.63, 3.8) is 0 Å². The molecule has 2 aromatic heterocycles. The van der Waals surface area contributed by atoms with E-state index in [0.717, 1.165) is 50.7 Å². The van der Waals surface area contributed by atoms with Gasteiger partial charge in [0, 0.05) is 44.3 Å². The van der Waals surface area contributed by atoms with E-state index < -0.39 is 0 Å². The fraction of sp³-hybridized carbons (Fsp3) is 0.400. The highest BCUT2D eigenvalue weighted by Gasteiger charge is 2.16. The van der Waals surface area contributed by atoms with Crippen molar-refractivity contribution in [1.82, 2.24) is 14.9 Å². The van der Waals surface area contributed by atoms with Crippen LogP contribution in [0.25, 0.3) is 0 Å². The molecule has 0 bridgehead atoms. The second-order valence-corrected chi connectivity index (χ2v) is 5.83. The second-order valence-electron chi connectivity index (χ2n) is 5.11. The van der Waals surface area contributed by atoms with Crippen LogP contribution in [-0.4, -0.2) is 41.0 Å². The highest BCUT2D eigenvalue weighted by Crippen LogP contribution is 2.15. The Morgan fingerprint density at radius 3 is 2.86 bits per heavy atom. The van der Waals surface area contributed by atoms with Crippen LogP contribution >= 0.6 is 11.3 Å². The summed E-state index contributed by atoms with van der Waals surface area (Å²) in [5.74, 6) is 0.963. The van der Waals surface area contributed by atoms with Gasteiger partial charge in [0.15, 0.2) is 0 Å². The summed E-state index contributed by atoms with van der Waals surface area (Å²) in [7, 11) is 0. The van der Waals surface area contributed by atoms with Crippen LogP contribution in [0.5, 0.6) is 0 Å². The summed E-state index contributed by atoms with van der Waals surface area (Å²) in [6.45, 7) is 5.00. The molecule has 2 aromatic rings. The van der Waals surface area contributed by atoms with Crippen LogP contribution in [0.1, 0.15) is 17.7 Å². The maximum absolute atomic E-state index is 8.83. The zero-order chi connectivity index (χ0) is 14.5. The Morgan fingerprint density at radius 2 is 2.14 bits per heavy atom. The van der Waals surface area contributed by atoms with Gasteiger partial charge in [0.2, 0.25) is 0 Å². The van der Waals surface area contributed by atoms with Crippen molar-refractivity contribution in [2.75, 3.05) is 31.1 Å². The Labute approximate surface area is 128 Å². The molecular formula is C15H17N5S. The maximum atomic E-state index is 8.83. The molecule has 108 valence electrons. The molecule has 0 radical (unpaired) electrons. The van der Waals surface area contributed by atoms with Crippen molar-refractivity contribution in [2.24, 2.45) is 0 Å². The number of anilines is 1. The van der Waals surface area contributed by atoms with Gasteiger partial charge in [0.1, 0.15) is 11.9 Å². The lowest BCUT2D eigenvalue weighted by Crippen LogP contribution is -2.31. The maximum Gasteiger partial charge on any atom is 0.128 e.